The maximum absolute atomic E-state index is 13.5. The van der Waals surface area contributed by atoms with E-state index in [1.54, 1.807) is 6.92 Å². The first-order valence-electron chi connectivity index (χ1n) is 9.10. The number of carbonyl (C=O) groups excluding carboxylic acids is 1. The molecule has 1 amide bonds. The second-order valence-electron chi connectivity index (χ2n) is 7.56. The molecule has 8 heteroatoms. The molecule has 2 aromatic carbocycles. The number of carbonyl (C=O) groups is 1. The number of amides is 1. The molecule has 1 N–H and O–H groups in total. The Hall–Kier alpha value is -2.74. The van der Waals surface area contributed by atoms with Crippen LogP contribution in [-0.4, -0.2) is 32.8 Å². The Balaban J connectivity index is 2.06. The van der Waals surface area contributed by atoms with Gasteiger partial charge in [0.15, 0.2) is 0 Å². The van der Waals surface area contributed by atoms with Crippen molar-refractivity contribution in [3.05, 3.63) is 66.0 Å². The Morgan fingerprint density at radius 2 is 1.79 bits per heavy atom. The summed E-state index contributed by atoms with van der Waals surface area (Å²) in [7, 11) is -3.78. The number of benzene rings is 2. The standard InChI is InChI=1S/C21H26FN3O3S/c1-16(14-21(2,3)17-9-6-5-7-10-17)23-24-20(26)15-25(29(4,27)28)19-12-8-11-18(22)13-19/h5-13H,14-15H2,1-4H3,(H,24,26)/b23-16-. The molecule has 0 bridgehead atoms. The second kappa shape index (κ2) is 9.17. The van der Waals surface area contributed by atoms with Gasteiger partial charge in [0.05, 0.1) is 11.9 Å². The third kappa shape index (κ3) is 6.67. The Morgan fingerprint density at radius 1 is 1.14 bits per heavy atom. The van der Waals surface area contributed by atoms with Crippen molar-refractivity contribution >= 4 is 27.3 Å². The van der Waals surface area contributed by atoms with E-state index in [2.05, 4.69) is 24.4 Å². The van der Waals surface area contributed by atoms with Crippen LogP contribution in [0.1, 0.15) is 32.8 Å². The highest BCUT2D eigenvalue weighted by atomic mass is 32.2. The molecule has 2 aromatic rings. The highest BCUT2D eigenvalue weighted by molar-refractivity contribution is 7.92. The van der Waals surface area contributed by atoms with Gasteiger partial charge < -0.3 is 0 Å². The van der Waals surface area contributed by atoms with E-state index in [4.69, 9.17) is 0 Å². The van der Waals surface area contributed by atoms with Crippen molar-refractivity contribution in [2.24, 2.45) is 5.10 Å². The molecule has 0 aromatic heterocycles. The van der Waals surface area contributed by atoms with Gasteiger partial charge in [0, 0.05) is 5.71 Å². The monoisotopic (exact) mass is 419 g/mol. The van der Waals surface area contributed by atoms with Gasteiger partial charge in [-0.15, -0.1) is 0 Å². The highest BCUT2D eigenvalue weighted by Crippen LogP contribution is 2.27. The Kier molecular flexibility index (Phi) is 7.13. The Morgan fingerprint density at radius 3 is 2.38 bits per heavy atom. The molecule has 0 saturated carbocycles. The van der Waals surface area contributed by atoms with Crippen LogP contribution in [0.5, 0.6) is 0 Å². The van der Waals surface area contributed by atoms with Crippen LogP contribution in [0.3, 0.4) is 0 Å². The zero-order valence-corrected chi connectivity index (χ0v) is 17.8. The van der Waals surface area contributed by atoms with Crippen molar-refractivity contribution in [3.8, 4) is 0 Å². The molecule has 0 aliphatic rings. The van der Waals surface area contributed by atoms with Crippen molar-refractivity contribution in [2.45, 2.75) is 32.6 Å². The maximum Gasteiger partial charge on any atom is 0.260 e. The van der Waals surface area contributed by atoms with Crippen molar-refractivity contribution in [2.75, 3.05) is 17.1 Å². The van der Waals surface area contributed by atoms with Crippen LogP contribution >= 0.6 is 0 Å². The first-order valence-corrected chi connectivity index (χ1v) is 10.9. The number of anilines is 1. The number of sulfonamides is 1. The molecule has 0 heterocycles. The van der Waals surface area contributed by atoms with Crippen LogP contribution in [0.2, 0.25) is 0 Å². The first kappa shape index (κ1) is 22.5. The summed E-state index contributed by atoms with van der Waals surface area (Å²) in [4.78, 5) is 12.3. The summed E-state index contributed by atoms with van der Waals surface area (Å²) < 4.78 is 38.4. The van der Waals surface area contributed by atoms with Crippen molar-refractivity contribution in [3.63, 3.8) is 0 Å². The van der Waals surface area contributed by atoms with Gasteiger partial charge in [-0.1, -0.05) is 50.2 Å². The largest absolute Gasteiger partial charge is 0.271 e. The predicted octanol–water partition coefficient (Wildman–Crippen LogP) is 3.45. The molecule has 0 fully saturated rings. The number of hydrogen-bond donors (Lipinski definition) is 1. The number of halogens is 1. The number of nitrogens with one attached hydrogen (secondary N) is 1. The minimum absolute atomic E-state index is 0.0774. The number of hydrazone groups is 1. The van der Waals surface area contributed by atoms with Gasteiger partial charge in [-0.3, -0.25) is 9.10 Å². The number of nitrogens with zero attached hydrogens (tertiary/aromatic N) is 2. The molecule has 6 nitrogen and oxygen atoms in total. The minimum atomic E-state index is -3.78. The van der Waals surface area contributed by atoms with Gasteiger partial charge in [0.25, 0.3) is 5.91 Å². The van der Waals surface area contributed by atoms with E-state index in [9.17, 15) is 17.6 Å². The molecule has 0 radical (unpaired) electrons. The average Bonchev–Trinajstić information content (AvgIpc) is 2.64. The van der Waals surface area contributed by atoms with Gasteiger partial charge in [-0.05, 0) is 42.5 Å². The fraction of sp³-hybridized carbons (Fsp3) is 0.333. The van der Waals surface area contributed by atoms with Crippen molar-refractivity contribution in [1.29, 1.82) is 0 Å². The third-order valence-electron chi connectivity index (χ3n) is 4.41. The molecular formula is C21H26FN3O3S. The van der Waals surface area contributed by atoms with E-state index >= 15 is 0 Å². The van der Waals surface area contributed by atoms with Gasteiger partial charge in [0.1, 0.15) is 12.4 Å². The fourth-order valence-electron chi connectivity index (χ4n) is 3.03. The summed E-state index contributed by atoms with van der Waals surface area (Å²) in [6.07, 6.45) is 1.57. The fourth-order valence-corrected chi connectivity index (χ4v) is 3.87. The molecule has 0 saturated heterocycles. The molecule has 0 aliphatic heterocycles. The van der Waals surface area contributed by atoms with Gasteiger partial charge in [-0.2, -0.15) is 5.10 Å². The van der Waals surface area contributed by atoms with E-state index in [0.717, 1.165) is 22.2 Å². The average molecular weight is 420 g/mol. The van der Waals surface area contributed by atoms with E-state index < -0.39 is 28.3 Å². The predicted molar refractivity (Wildman–Crippen MR) is 114 cm³/mol. The zero-order chi connectivity index (χ0) is 21.7. The van der Waals surface area contributed by atoms with Crippen LogP contribution in [0.15, 0.2) is 59.7 Å². The van der Waals surface area contributed by atoms with Crippen LogP contribution in [-0.2, 0) is 20.2 Å². The van der Waals surface area contributed by atoms with Crippen molar-refractivity contribution < 1.29 is 17.6 Å². The summed E-state index contributed by atoms with van der Waals surface area (Å²) in [6.45, 7) is 5.46. The molecule has 0 aliphatic carbocycles. The molecule has 0 atom stereocenters. The Labute approximate surface area is 171 Å². The number of rotatable bonds is 8. The van der Waals surface area contributed by atoms with Crippen LogP contribution in [0, 0.1) is 5.82 Å². The van der Waals surface area contributed by atoms with E-state index in [1.165, 1.54) is 18.2 Å². The second-order valence-corrected chi connectivity index (χ2v) is 9.47. The molecule has 0 spiro atoms. The van der Waals surface area contributed by atoms with Gasteiger partial charge in [-0.25, -0.2) is 18.2 Å². The lowest BCUT2D eigenvalue weighted by Crippen LogP contribution is -2.39. The maximum atomic E-state index is 13.5. The van der Waals surface area contributed by atoms with Gasteiger partial charge >= 0.3 is 0 Å². The topological polar surface area (TPSA) is 78.8 Å². The summed E-state index contributed by atoms with van der Waals surface area (Å²) in [5.41, 5.74) is 4.14. The lowest BCUT2D eigenvalue weighted by atomic mass is 9.80. The number of hydrogen-bond acceptors (Lipinski definition) is 4. The Bertz CT molecular complexity index is 989. The SMILES string of the molecule is C/C(CC(C)(C)c1ccccc1)=N/NC(=O)CN(c1cccc(F)c1)S(C)(=O)=O. The molecule has 156 valence electrons. The van der Waals surface area contributed by atoms with E-state index in [0.29, 0.717) is 12.1 Å². The quantitative estimate of drug-likeness (QED) is 0.526. The lowest BCUT2D eigenvalue weighted by Gasteiger charge is -2.25. The lowest BCUT2D eigenvalue weighted by molar-refractivity contribution is -0.119. The van der Waals surface area contributed by atoms with Crippen LogP contribution in [0.25, 0.3) is 0 Å². The van der Waals surface area contributed by atoms with Gasteiger partial charge in [0.2, 0.25) is 10.0 Å². The molecule has 0 unspecified atom stereocenters. The first-order chi connectivity index (χ1) is 13.5. The normalized spacial score (nSPS) is 12.5. The van der Waals surface area contributed by atoms with Crippen LogP contribution < -0.4 is 9.73 Å². The summed E-state index contributed by atoms with van der Waals surface area (Å²) in [5, 5.41) is 4.10. The zero-order valence-electron chi connectivity index (χ0n) is 17.0. The summed E-state index contributed by atoms with van der Waals surface area (Å²) in [6, 6.07) is 15.0. The van der Waals surface area contributed by atoms with Crippen molar-refractivity contribution in [1.82, 2.24) is 5.43 Å². The molecule has 2 rings (SSSR count). The summed E-state index contributed by atoms with van der Waals surface area (Å²) >= 11 is 0. The van der Waals surface area contributed by atoms with Crippen LogP contribution in [0.4, 0.5) is 10.1 Å². The smallest absolute Gasteiger partial charge is 0.260 e. The summed E-state index contributed by atoms with van der Waals surface area (Å²) in [5.74, 6) is -1.20. The highest BCUT2D eigenvalue weighted by Gasteiger charge is 2.23. The molecular weight excluding hydrogens is 393 g/mol. The third-order valence-corrected chi connectivity index (χ3v) is 5.55. The molecule has 29 heavy (non-hydrogen) atoms. The minimum Gasteiger partial charge on any atom is -0.271 e. The van der Waals surface area contributed by atoms with E-state index in [-0.39, 0.29) is 11.1 Å². The van der Waals surface area contributed by atoms with E-state index in [1.807, 2.05) is 30.3 Å².